The van der Waals surface area contributed by atoms with E-state index < -0.39 is 11.7 Å². The van der Waals surface area contributed by atoms with Crippen LogP contribution < -0.4 is 5.32 Å². The van der Waals surface area contributed by atoms with Crippen LogP contribution in [0.3, 0.4) is 0 Å². The summed E-state index contributed by atoms with van der Waals surface area (Å²) in [6.45, 7) is 1.93. The van der Waals surface area contributed by atoms with E-state index in [2.05, 4.69) is 10.4 Å². The maximum absolute atomic E-state index is 13.9. The van der Waals surface area contributed by atoms with Crippen LogP contribution in [-0.4, -0.2) is 41.2 Å². The number of hydrogen-bond donors (Lipinski definition) is 1. The van der Waals surface area contributed by atoms with Crippen LogP contribution in [0.25, 0.3) is 0 Å². The van der Waals surface area contributed by atoms with Crippen molar-refractivity contribution < 1.29 is 9.18 Å². The molecule has 0 saturated heterocycles. The summed E-state index contributed by atoms with van der Waals surface area (Å²) in [5.74, 6) is -0.883. The van der Waals surface area contributed by atoms with E-state index in [4.69, 9.17) is 0 Å². The number of rotatable bonds is 1. The number of carbonyl (C=O) groups is 1. The van der Waals surface area contributed by atoms with Crippen LogP contribution in [0.2, 0.25) is 0 Å². The van der Waals surface area contributed by atoms with E-state index in [1.165, 1.54) is 4.90 Å². The molecule has 6 heteroatoms. The average molecular weight is 226 g/mol. The molecule has 0 radical (unpaired) electrons. The fourth-order valence-electron chi connectivity index (χ4n) is 1.74. The molecule has 1 amide bonds. The van der Waals surface area contributed by atoms with Crippen molar-refractivity contribution in [3.63, 3.8) is 0 Å². The molecule has 1 aliphatic rings. The zero-order valence-electron chi connectivity index (χ0n) is 9.46. The van der Waals surface area contributed by atoms with Crippen molar-refractivity contribution in [2.45, 2.75) is 19.5 Å². The fraction of sp³-hybridized carbons (Fsp3) is 0.600. The highest BCUT2D eigenvalue weighted by molar-refractivity contribution is 5.92. The van der Waals surface area contributed by atoms with Gasteiger partial charge in [-0.3, -0.25) is 9.48 Å². The predicted octanol–water partition coefficient (Wildman–Crippen LogP) is 0.217. The maximum atomic E-state index is 13.9. The number of nitrogens with zero attached hydrogens (tertiary/aromatic N) is 3. The average Bonchev–Trinajstić information content (AvgIpc) is 2.45. The van der Waals surface area contributed by atoms with Gasteiger partial charge in [0, 0.05) is 27.2 Å². The molecule has 1 N–H and O–H groups in total. The Hall–Kier alpha value is -1.43. The zero-order valence-corrected chi connectivity index (χ0v) is 9.46. The summed E-state index contributed by atoms with van der Waals surface area (Å²) >= 11 is 0. The lowest BCUT2D eigenvalue weighted by atomic mass is 10.3. The third kappa shape index (κ3) is 1.80. The van der Waals surface area contributed by atoms with Gasteiger partial charge in [0.05, 0.1) is 5.69 Å². The van der Waals surface area contributed by atoms with E-state index in [0.717, 1.165) is 13.0 Å². The molecular formula is C10H15FN4O. The topological polar surface area (TPSA) is 50.2 Å². The predicted molar refractivity (Wildman–Crippen MR) is 56.5 cm³/mol. The van der Waals surface area contributed by atoms with E-state index in [1.54, 1.807) is 18.8 Å². The summed E-state index contributed by atoms with van der Waals surface area (Å²) in [6.07, 6.45) is 0.893. The van der Waals surface area contributed by atoms with Gasteiger partial charge in [0.25, 0.3) is 5.91 Å². The third-order valence-corrected chi connectivity index (χ3v) is 2.62. The van der Waals surface area contributed by atoms with Crippen LogP contribution in [0.4, 0.5) is 4.39 Å². The van der Waals surface area contributed by atoms with Gasteiger partial charge in [-0.2, -0.15) is 5.10 Å². The van der Waals surface area contributed by atoms with Crippen molar-refractivity contribution in [1.82, 2.24) is 20.0 Å². The van der Waals surface area contributed by atoms with Crippen LogP contribution in [-0.2, 0) is 13.1 Å². The molecule has 16 heavy (non-hydrogen) atoms. The van der Waals surface area contributed by atoms with E-state index in [0.29, 0.717) is 18.8 Å². The van der Waals surface area contributed by atoms with E-state index in [-0.39, 0.29) is 5.69 Å². The second kappa shape index (κ2) is 4.21. The van der Waals surface area contributed by atoms with Gasteiger partial charge in [-0.25, -0.2) is 4.39 Å². The standard InChI is InChI=1S/C10H15FN4O/c1-14(2)10(16)9-8(11)7-6-12-4-3-5-15(7)13-9/h12H,3-6H2,1-2H3. The molecule has 5 nitrogen and oxygen atoms in total. The van der Waals surface area contributed by atoms with Crippen LogP contribution in [0, 0.1) is 5.82 Å². The van der Waals surface area contributed by atoms with Gasteiger partial charge in [0.15, 0.2) is 11.5 Å². The van der Waals surface area contributed by atoms with Gasteiger partial charge in [-0.1, -0.05) is 0 Å². The number of aryl methyl sites for hydroxylation is 1. The van der Waals surface area contributed by atoms with Gasteiger partial charge in [0.1, 0.15) is 0 Å². The van der Waals surface area contributed by atoms with Crippen molar-refractivity contribution in [2.75, 3.05) is 20.6 Å². The lowest BCUT2D eigenvalue weighted by molar-refractivity contribution is 0.0816. The van der Waals surface area contributed by atoms with E-state index >= 15 is 0 Å². The van der Waals surface area contributed by atoms with Crippen LogP contribution in [0.15, 0.2) is 0 Å². The molecule has 1 aliphatic heterocycles. The van der Waals surface area contributed by atoms with Crippen molar-refractivity contribution >= 4 is 5.91 Å². The fourth-order valence-corrected chi connectivity index (χ4v) is 1.74. The summed E-state index contributed by atoms with van der Waals surface area (Å²) in [7, 11) is 3.18. The minimum Gasteiger partial charge on any atom is -0.343 e. The Balaban J connectivity index is 2.39. The molecule has 1 aromatic heterocycles. The monoisotopic (exact) mass is 226 g/mol. The SMILES string of the molecule is CN(C)C(=O)c1nn2c(c1F)CNCCC2. The first-order valence-corrected chi connectivity index (χ1v) is 5.29. The Morgan fingerprint density at radius 2 is 2.31 bits per heavy atom. The molecule has 0 aromatic carbocycles. The first-order chi connectivity index (χ1) is 7.61. The highest BCUT2D eigenvalue weighted by Crippen LogP contribution is 2.15. The highest BCUT2D eigenvalue weighted by atomic mass is 19.1. The normalized spacial score (nSPS) is 15.4. The Labute approximate surface area is 93.2 Å². The number of nitrogens with one attached hydrogen (secondary N) is 1. The van der Waals surface area contributed by atoms with Gasteiger partial charge in [-0.15, -0.1) is 0 Å². The number of hydrogen-bond acceptors (Lipinski definition) is 3. The largest absolute Gasteiger partial charge is 0.343 e. The second-order valence-corrected chi connectivity index (χ2v) is 4.06. The Kier molecular flexibility index (Phi) is 2.91. The zero-order chi connectivity index (χ0) is 11.7. The summed E-state index contributed by atoms with van der Waals surface area (Å²) in [4.78, 5) is 13.0. The van der Waals surface area contributed by atoms with Gasteiger partial charge in [-0.05, 0) is 13.0 Å². The first-order valence-electron chi connectivity index (χ1n) is 5.29. The Bertz CT molecular complexity index is 413. The molecule has 88 valence electrons. The van der Waals surface area contributed by atoms with Crippen LogP contribution >= 0.6 is 0 Å². The molecule has 0 unspecified atom stereocenters. The number of carbonyl (C=O) groups excluding carboxylic acids is 1. The molecule has 1 aromatic rings. The Morgan fingerprint density at radius 1 is 1.56 bits per heavy atom. The third-order valence-electron chi connectivity index (χ3n) is 2.62. The molecule has 0 saturated carbocycles. The van der Waals surface area contributed by atoms with Crippen molar-refractivity contribution in [3.05, 3.63) is 17.2 Å². The van der Waals surface area contributed by atoms with Crippen LogP contribution in [0.1, 0.15) is 22.6 Å². The highest BCUT2D eigenvalue weighted by Gasteiger charge is 2.24. The molecule has 0 spiro atoms. The summed E-state index contributed by atoms with van der Waals surface area (Å²) in [5, 5.41) is 7.14. The van der Waals surface area contributed by atoms with Gasteiger partial charge in [0.2, 0.25) is 0 Å². The molecule has 0 bridgehead atoms. The molecule has 0 atom stereocenters. The lowest BCUT2D eigenvalue weighted by Crippen LogP contribution is -2.23. The minimum atomic E-state index is -0.492. The van der Waals surface area contributed by atoms with Crippen LogP contribution in [0.5, 0.6) is 0 Å². The summed E-state index contributed by atoms with van der Waals surface area (Å²) in [5.41, 5.74) is 0.395. The number of amides is 1. The molecule has 2 rings (SSSR count). The first kappa shape index (κ1) is 11.1. The van der Waals surface area contributed by atoms with Crippen molar-refractivity contribution in [3.8, 4) is 0 Å². The van der Waals surface area contributed by atoms with E-state index in [9.17, 15) is 9.18 Å². The molecule has 0 aliphatic carbocycles. The Morgan fingerprint density at radius 3 is 3.00 bits per heavy atom. The van der Waals surface area contributed by atoms with Gasteiger partial charge >= 0.3 is 0 Å². The lowest BCUT2D eigenvalue weighted by Gasteiger charge is -2.07. The number of fused-ring (bicyclic) bond motifs is 1. The number of halogens is 1. The molecular weight excluding hydrogens is 211 g/mol. The maximum Gasteiger partial charge on any atom is 0.276 e. The molecule has 0 fully saturated rings. The number of aromatic nitrogens is 2. The summed E-state index contributed by atoms with van der Waals surface area (Å²) in [6, 6.07) is 0. The molecule has 2 heterocycles. The van der Waals surface area contributed by atoms with Gasteiger partial charge < -0.3 is 10.2 Å². The van der Waals surface area contributed by atoms with Crippen molar-refractivity contribution in [1.29, 1.82) is 0 Å². The quantitative estimate of drug-likeness (QED) is 0.745. The minimum absolute atomic E-state index is 0.0799. The second-order valence-electron chi connectivity index (χ2n) is 4.06. The smallest absolute Gasteiger partial charge is 0.276 e. The summed E-state index contributed by atoms with van der Waals surface area (Å²) < 4.78 is 15.5. The van der Waals surface area contributed by atoms with Crippen molar-refractivity contribution in [2.24, 2.45) is 0 Å². The van der Waals surface area contributed by atoms with E-state index in [1.807, 2.05) is 0 Å².